The Hall–Kier alpha value is -5.01. The highest BCUT2D eigenvalue weighted by Gasteiger charge is 2.29. The number of aromatic hydroxyl groups is 1. The molecule has 0 saturated carbocycles. The van der Waals surface area contributed by atoms with Gasteiger partial charge in [-0.3, -0.25) is 9.59 Å². The van der Waals surface area contributed by atoms with Gasteiger partial charge in [-0.05, 0) is 48.7 Å². The maximum absolute atomic E-state index is 13.7. The lowest BCUT2D eigenvalue weighted by Crippen LogP contribution is -2.41. The van der Waals surface area contributed by atoms with E-state index < -0.39 is 17.9 Å². The van der Waals surface area contributed by atoms with Crippen LogP contribution in [0.15, 0.2) is 114 Å². The van der Waals surface area contributed by atoms with Crippen LogP contribution in [0, 0.1) is 6.92 Å². The Kier molecular flexibility index (Phi) is 8.36. The van der Waals surface area contributed by atoms with Gasteiger partial charge in [-0.25, -0.2) is 4.98 Å². The van der Waals surface area contributed by atoms with Gasteiger partial charge in [0, 0.05) is 29.2 Å². The average molecular weight is 547 g/mol. The van der Waals surface area contributed by atoms with Gasteiger partial charge in [0.15, 0.2) is 5.78 Å². The number of aliphatic carboxylic acids is 1. The first-order valence-corrected chi connectivity index (χ1v) is 13.4. The van der Waals surface area contributed by atoms with E-state index in [-0.39, 0.29) is 24.5 Å². The predicted octanol–water partition coefficient (Wildman–Crippen LogP) is 6.00. The summed E-state index contributed by atoms with van der Waals surface area (Å²) in [6.07, 6.45) is 0.208. The smallest absolute Gasteiger partial charge is 0.321 e. The molecule has 0 aliphatic rings. The number of carbonyl (C=O) groups is 2. The van der Waals surface area contributed by atoms with E-state index >= 15 is 0 Å². The molecule has 0 spiro atoms. The molecule has 1 unspecified atom stereocenters. The summed E-state index contributed by atoms with van der Waals surface area (Å²) in [5, 5.41) is 22.9. The van der Waals surface area contributed by atoms with Crippen LogP contribution in [-0.4, -0.2) is 39.5 Å². The van der Waals surface area contributed by atoms with Crippen LogP contribution in [0.3, 0.4) is 0 Å². The van der Waals surface area contributed by atoms with Gasteiger partial charge in [0.1, 0.15) is 17.6 Å². The topological polar surface area (TPSA) is 113 Å². The quantitative estimate of drug-likeness (QED) is 0.174. The lowest BCUT2D eigenvalue weighted by molar-refractivity contribution is -0.139. The number of aromatic nitrogens is 1. The normalized spacial score (nSPS) is 12.5. The second kappa shape index (κ2) is 12.4. The zero-order chi connectivity index (χ0) is 28.8. The fraction of sp³-hybridized carbons (Fsp3) is 0.147. The fourth-order valence-electron chi connectivity index (χ4n) is 4.92. The van der Waals surface area contributed by atoms with Crippen molar-refractivity contribution in [2.45, 2.75) is 25.3 Å². The molecular formula is C34H30N2O5. The van der Waals surface area contributed by atoms with Gasteiger partial charge in [-0.2, -0.15) is 0 Å². The van der Waals surface area contributed by atoms with Gasteiger partial charge in [0.25, 0.3) is 0 Å². The van der Waals surface area contributed by atoms with Crippen molar-refractivity contribution in [2.75, 3.05) is 6.54 Å². The van der Waals surface area contributed by atoms with E-state index in [1.54, 1.807) is 30.3 Å². The highest BCUT2D eigenvalue weighted by molar-refractivity contribution is 6.10. The zero-order valence-electron chi connectivity index (χ0n) is 22.5. The number of nitrogens with one attached hydrogen (secondary N) is 1. The van der Waals surface area contributed by atoms with Crippen molar-refractivity contribution in [1.29, 1.82) is 0 Å². The van der Waals surface area contributed by atoms with Crippen LogP contribution < -0.4 is 5.32 Å². The van der Waals surface area contributed by atoms with Crippen molar-refractivity contribution in [3.05, 3.63) is 143 Å². The Labute approximate surface area is 238 Å². The zero-order valence-corrected chi connectivity index (χ0v) is 22.5. The molecule has 1 heterocycles. The number of oxazole rings is 1. The number of phenols is 1. The minimum absolute atomic E-state index is 0.115. The van der Waals surface area contributed by atoms with Crippen molar-refractivity contribution >= 4 is 11.8 Å². The number of carbonyl (C=O) groups excluding carboxylic acids is 1. The molecule has 7 heteroatoms. The van der Waals surface area contributed by atoms with E-state index in [4.69, 9.17) is 9.40 Å². The molecule has 2 atom stereocenters. The van der Waals surface area contributed by atoms with Crippen LogP contribution >= 0.6 is 0 Å². The Morgan fingerprint density at radius 1 is 0.854 bits per heavy atom. The van der Waals surface area contributed by atoms with Gasteiger partial charge >= 0.3 is 5.97 Å². The van der Waals surface area contributed by atoms with Crippen LogP contribution in [0.2, 0.25) is 0 Å². The molecule has 4 aromatic carbocycles. The Morgan fingerprint density at radius 2 is 1.49 bits per heavy atom. The summed E-state index contributed by atoms with van der Waals surface area (Å²) in [5.74, 6) is -0.468. The minimum Gasteiger partial charge on any atom is -0.508 e. The first kappa shape index (κ1) is 27.6. The Bertz CT molecular complexity index is 1630. The number of hydrogen-bond acceptors (Lipinski definition) is 6. The van der Waals surface area contributed by atoms with Gasteiger partial charge in [0.2, 0.25) is 5.89 Å². The number of ketones is 1. The van der Waals surface area contributed by atoms with Crippen LogP contribution in [-0.2, 0) is 11.2 Å². The highest BCUT2D eigenvalue weighted by atomic mass is 16.4. The maximum atomic E-state index is 13.7. The molecule has 0 aliphatic carbocycles. The third-order valence-corrected chi connectivity index (χ3v) is 7.04. The molecular weight excluding hydrogens is 516 g/mol. The van der Waals surface area contributed by atoms with Gasteiger partial charge < -0.3 is 19.9 Å². The molecule has 206 valence electrons. The minimum atomic E-state index is -1.01. The monoisotopic (exact) mass is 546 g/mol. The molecule has 0 aliphatic heterocycles. The molecule has 0 amide bonds. The molecule has 0 saturated heterocycles. The largest absolute Gasteiger partial charge is 0.508 e. The molecule has 0 bridgehead atoms. The molecule has 5 aromatic rings. The molecule has 41 heavy (non-hydrogen) atoms. The number of benzene rings is 4. The molecule has 7 nitrogen and oxygen atoms in total. The van der Waals surface area contributed by atoms with Crippen molar-refractivity contribution in [2.24, 2.45) is 0 Å². The van der Waals surface area contributed by atoms with E-state index in [1.165, 1.54) is 12.1 Å². The van der Waals surface area contributed by atoms with Crippen molar-refractivity contribution in [1.82, 2.24) is 10.3 Å². The van der Waals surface area contributed by atoms with E-state index in [0.29, 0.717) is 28.5 Å². The molecule has 0 radical (unpaired) electrons. The highest BCUT2D eigenvalue weighted by Crippen LogP contribution is 2.33. The molecule has 0 fully saturated rings. The second-order valence-corrected chi connectivity index (χ2v) is 9.83. The maximum Gasteiger partial charge on any atom is 0.321 e. The predicted molar refractivity (Wildman–Crippen MR) is 156 cm³/mol. The summed E-state index contributed by atoms with van der Waals surface area (Å²) in [6, 6.07) is 31.5. The fourth-order valence-corrected chi connectivity index (χ4v) is 4.92. The van der Waals surface area contributed by atoms with Crippen LogP contribution in [0.4, 0.5) is 0 Å². The number of phenolic OH excluding ortho intramolecular Hbond substituents is 1. The lowest BCUT2D eigenvalue weighted by Gasteiger charge is -2.22. The number of rotatable bonds is 11. The second-order valence-electron chi connectivity index (χ2n) is 9.83. The number of carboxylic acids is 1. The first-order valence-electron chi connectivity index (χ1n) is 13.4. The summed E-state index contributed by atoms with van der Waals surface area (Å²) in [4.78, 5) is 30.8. The van der Waals surface area contributed by atoms with Crippen molar-refractivity contribution in [3.8, 4) is 17.2 Å². The summed E-state index contributed by atoms with van der Waals surface area (Å²) in [6.45, 7) is 2.02. The van der Waals surface area contributed by atoms with E-state index in [0.717, 1.165) is 16.7 Å². The van der Waals surface area contributed by atoms with Gasteiger partial charge in [0.05, 0.1) is 5.69 Å². The number of aryl methyl sites for hydroxylation is 1. The van der Waals surface area contributed by atoms with E-state index in [2.05, 4.69) is 5.32 Å². The molecule has 3 N–H and O–H groups in total. The summed E-state index contributed by atoms with van der Waals surface area (Å²) in [7, 11) is 0. The van der Waals surface area contributed by atoms with Crippen LogP contribution in [0.1, 0.15) is 44.4 Å². The molecule has 1 aromatic heterocycles. The lowest BCUT2D eigenvalue weighted by atomic mass is 9.87. The number of hydrogen-bond donors (Lipinski definition) is 3. The average Bonchev–Trinajstić information content (AvgIpc) is 3.39. The van der Waals surface area contributed by atoms with Crippen molar-refractivity contribution < 1.29 is 24.2 Å². The summed E-state index contributed by atoms with van der Waals surface area (Å²) >= 11 is 0. The third kappa shape index (κ3) is 6.42. The number of carboxylic acid groups (broad SMARTS) is 1. The number of nitrogens with zero attached hydrogens (tertiary/aromatic N) is 1. The van der Waals surface area contributed by atoms with Crippen LogP contribution in [0.5, 0.6) is 5.75 Å². The summed E-state index contributed by atoms with van der Waals surface area (Å²) in [5.41, 5.74) is 4.00. The van der Waals surface area contributed by atoms with E-state index in [9.17, 15) is 19.8 Å². The molecule has 5 rings (SSSR count). The van der Waals surface area contributed by atoms with Crippen LogP contribution in [0.25, 0.3) is 11.5 Å². The third-order valence-electron chi connectivity index (χ3n) is 7.04. The first-order chi connectivity index (χ1) is 19.9. The Morgan fingerprint density at radius 3 is 2.17 bits per heavy atom. The standard InChI is InChI=1S/C34H30N2O5/c1-22-31(36-33(41-22)25-12-6-3-7-13-25)29(21-35-30(34(39)40)20-23-16-18-26(37)19-17-23)27-14-8-9-15-28(27)32(38)24-10-4-2-5-11-24/h2-19,29-30,35,37H,20-21H2,1H3,(H,39,40)/t29?,30-/m0/s1. The Balaban J connectivity index is 1.53. The SMILES string of the molecule is Cc1oc(-c2ccccc2)nc1C(CN[C@@H](Cc1ccc(O)cc1)C(=O)O)c1ccccc1C(=O)c1ccccc1. The summed E-state index contributed by atoms with van der Waals surface area (Å²) < 4.78 is 6.09. The van der Waals surface area contributed by atoms with Crippen molar-refractivity contribution in [3.63, 3.8) is 0 Å². The van der Waals surface area contributed by atoms with Gasteiger partial charge in [-0.1, -0.05) is 84.9 Å². The van der Waals surface area contributed by atoms with Gasteiger partial charge in [-0.15, -0.1) is 0 Å². The van der Waals surface area contributed by atoms with E-state index in [1.807, 2.05) is 73.7 Å².